The standard InChI is InChI=1S/C19H30N4O3S.HI/c1-3-26-19(24)23-12-9-17(10-13-23)22-18(20-2)21-11-14-27(25)15-16-7-5-4-6-8-16;/h4-8,17H,3,9-15H2,1-2H3,(H2,20,21,22);1H. The largest absolute Gasteiger partial charge is 0.450 e. The van der Waals surface area contributed by atoms with Crippen molar-refractivity contribution in [3.8, 4) is 0 Å². The molecule has 1 aliphatic rings. The van der Waals surface area contributed by atoms with E-state index in [1.54, 1.807) is 11.9 Å². The van der Waals surface area contributed by atoms with E-state index in [-0.39, 0.29) is 36.1 Å². The fourth-order valence-electron chi connectivity index (χ4n) is 2.92. The zero-order valence-electron chi connectivity index (χ0n) is 16.6. The Kier molecular flexibility index (Phi) is 12.1. The second-order valence-electron chi connectivity index (χ2n) is 6.38. The summed E-state index contributed by atoms with van der Waals surface area (Å²) in [4.78, 5) is 17.7. The molecule has 28 heavy (non-hydrogen) atoms. The van der Waals surface area contributed by atoms with Gasteiger partial charge in [-0.3, -0.25) is 9.20 Å². The number of ether oxygens (including phenoxy) is 1. The molecule has 1 fully saturated rings. The van der Waals surface area contributed by atoms with Gasteiger partial charge in [-0.1, -0.05) is 30.3 Å². The van der Waals surface area contributed by atoms with E-state index < -0.39 is 10.8 Å². The van der Waals surface area contributed by atoms with Gasteiger partial charge >= 0.3 is 6.09 Å². The highest BCUT2D eigenvalue weighted by Gasteiger charge is 2.23. The van der Waals surface area contributed by atoms with E-state index in [2.05, 4.69) is 15.6 Å². The Morgan fingerprint density at radius 1 is 1.29 bits per heavy atom. The molecule has 2 N–H and O–H groups in total. The number of rotatable bonds is 7. The first-order valence-electron chi connectivity index (χ1n) is 9.40. The second kappa shape index (κ2) is 13.8. The van der Waals surface area contributed by atoms with Crippen LogP contribution >= 0.6 is 24.0 Å². The highest BCUT2D eigenvalue weighted by atomic mass is 127. The van der Waals surface area contributed by atoms with E-state index in [1.807, 2.05) is 37.3 Å². The number of nitrogens with one attached hydrogen (secondary N) is 2. The first-order valence-corrected chi connectivity index (χ1v) is 10.9. The number of carbonyl (C=O) groups excluding carboxylic acids is 1. The van der Waals surface area contributed by atoms with Gasteiger partial charge in [0.1, 0.15) is 0 Å². The fourth-order valence-corrected chi connectivity index (χ4v) is 3.96. The Morgan fingerprint density at radius 2 is 1.96 bits per heavy atom. The van der Waals surface area contributed by atoms with Gasteiger partial charge in [-0.05, 0) is 25.3 Å². The van der Waals surface area contributed by atoms with Crippen LogP contribution in [0.1, 0.15) is 25.3 Å². The average molecular weight is 522 g/mol. The van der Waals surface area contributed by atoms with Gasteiger partial charge in [-0.25, -0.2) is 4.79 Å². The van der Waals surface area contributed by atoms with Crippen LogP contribution in [0.4, 0.5) is 4.79 Å². The summed E-state index contributed by atoms with van der Waals surface area (Å²) in [5.41, 5.74) is 1.09. The van der Waals surface area contributed by atoms with E-state index in [1.165, 1.54) is 0 Å². The molecule has 1 atom stereocenters. The van der Waals surface area contributed by atoms with Crippen molar-refractivity contribution in [1.29, 1.82) is 0 Å². The topological polar surface area (TPSA) is 83.0 Å². The maximum Gasteiger partial charge on any atom is 0.409 e. The predicted octanol–water partition coefficient (Wildman–Crippen LogP) is 2.34. The summed E-state index contributed by atoms with van der Waals surface area (Å²) in [5, 5.41) is 6.61. The van der Waals surface area contributed by atoms with Gasteiger partial charge in [0.25, 0.3) is 0 Å². The molecule has 1 amide bonds. The molecular weight excluding hydrogens is 491 g/mol. The number of guanidine groups is 1. The monoisotopic (exact) mass is 522 g/mol. The summed E-state index contributed by atoms with van der Waals surface area (Å²) in [6.45, 7) is 4.16. The molecule has 2 rings (SSSR count). The molecule has 9 heteroatoms. The molecule has 1 heterocycles. The zero-order valence-corrected chi connectivity index (χ0v) is 19.7. The minimum atomic E-state index is -0.912. The summed E-state index contributed by atoms with van der Waals surface area (Å²) in [5.74, 6) is 1.85. The second-order valence-corrected chi connectivity index (χ2v) is 7.95. The number of carbonyl (C=O) groups is 1. The lowest BCUT2D eigenvalue weighted by molar-refractivity contribution is 0.0963. The number of nitrogens with zero attached hydrogens (tertiary/aromatic N) is 2. The summed E-state index contributed by atoms with van der Waals surface area (Å²) in [7, 11) is 0.815. The lowest BCUT2D eigenvalue weighted by atomic mass is 10.1. The SMILES string of the molecule is CCOC(=O)N1CCC(NC(=NC)NCCS(=O)Cc2ccccc2)CC1.I. The summed E-state index contributed by atoms with van der Waals surface area (Å²) in [6, 6.07) is 10.1. The minimum absolute atomic E-state index is 0. The summed E-state index contributed by atoms with van der Waals surface area (Å²) >= 11 is 0. The molecule has 1 aromatic carbocycles. The van der Waals surface area contributed by atoms with E-state index in [0.717, 1.165) is 18.4 Å². The average Bonchev–Trinajstić information content (AvgIpc) is 2.68. The van der Waals surface area contributed by atoms with E-state index in [0.29, 0.717) is 43.7 Å². The molecule has 0 aromatic heterocycles. The van der Waals surface area contributed by atoms with Crippen LogP contribution in [-0.4, -0.2) is 66.2 Å². The van der Waals surface area contributed by atoms with E-state index in [4.69, 9.17) is 4.74 Å². The van der Waals surface area contributed by atoms with E-state index >= 15 is 0 Å². The third-order valence-electron chi connectivity index (χ3n) is 4.38. The first kappa shape index (κ1) is 24.7. The highest BCUT2D eigenvalue weighted by Crippen LogP contribution is 2.11. The highest BCUT2D eigenvalue weighted by molar-refractivity contribution is 14.0. The third kappa shape index (κ3) is 8.76. The smallest absolute Gasteiger partial charge is 0.409 e. The van der Waals surface area contributed by atoms with Gasteiger partial charge in [-0.2, -0.15) is 0 Å². The number of benzene rings is 1. The van der Waals surface area contributed by atoms with Crippen molar-refractivity contribution in [1.82, 2.24) is 15.5 Å². The van der Waals surface area contributed by atoms with Gasteiger partial charge in [0.05, 0.1) is 6.61 Å². The van der Waals surface area contributed by atoms with Crippen LogP contribution in [0.5, 0.6) is 0 Å². The molecule has 1 saturated heterocycles. The molecule has 1 aliphatic heterocycles. The van der Waals surface area contributed by atoms with Crippen molar-refractivity contribution in [3.05, 3.63) is 35.9 Å². The molecule has 0 spiro atoms. The van der Waals surface area contributed by atoms with Crippen LogP contribution in [0.2, 0.25) is 0 Å². The fraction of sp³-hybridized carbons (Fsp3) is 0.579. The predicted molar refractivity (Wildman–Crippen MR) is 125 cm³/mol. The molecular formula is C19H31IN4O3S. The Morgan fingerprint density at radius 3 is 2.57 bits per heavy atom. The molecule has 0 radical (unpaired) electrons. The minimum Gasteiger partial charge on any atom is -0.450 e. The van der Waals surface area contributed by atoms with Crippen molar-refractivity contribution in [2.24, 2.45) is 4.99 Å². The van der Waals surface area contributed by atoms with Crippen molar-refractivity contribution in [3.63, 3.8) is 0 Å². The van der Waals surface area contributed by atoms with Gasteiger partial charge in [-0.15, -0.1) is 24.0 Å². The number of piperidine rings is 1. The molecule has 0 bridgehead atoms. The first-order chi connectivity index (χ1) is 13.1. The Labute approximate surface area is 187 Å². The van der Waals surface area contributed by atoms with Crippen LogP contribution in [0, 0.1) is 0 Å². The summed E-state index contributed by atoms with van der Waals surface area (Å²) < 4.78 is 17.2. The van der Waals surface area contributed by atoms with Crippen LogP contribution in [0.25, 0.3) is 0 Å². The van der Waals surface area contributed by atoms with Crippen LogP contribution in [-0.2, 0) is 21.3 Å². The molecule has 158 valence electrons. The maximum atomic E-state index is 12.2. The molecule has 0 saturated carbocycles. The van der Waals surface area contributed by atoms with Crippen molar-refractivity contribution < 1.29 is 13.7 Å². The van der Waals surface area contributed by atoms with Gasteiger partial charge in [0.15, 0.2) is 5.96 Å². The number of likely N-dealkylation sites (tertiary alicyclic amines) is 1. The zero-order chi connectivity index (χ0) is 19.5. The Balaban J connectivity index is 0.00000392. The lowest BCUT2D eigenvalue weighted by Crippen LogP contribution is -2.50. The number of hydrogen-bond acceptors (Lipinski definition) is 4. The van der Waals surface area contributed by atoms with E-state index in [9.17, 15) is 9.00 Å². The van der Waals surface area contributed by atoms with Crippen molar-refractivity contribution in [2.75, 3.05) is 39.0 Å². The number of amides is 1. The molecule has 0 aliphatic carbocycles. The summed E-state index contributed by atoms with van der Waals surface area (Å²) in [6.07, 6.45) is 1.46. The molecule has 7 nitrogen and oxygen atoms in total. The van der Waals surface area contributed by atoms with Crippen LogP contribution in [0.3, 0.4) is 0 Å². The quantitative estimate of drug-likeness (QED) is 0.327. The lowest BCUT2D eigenvalue weighted by Gasteiger charge is -2.32. The van der Waals surface area contributed by atoms with Crippen molar-refractivity contribution >= 4 is 46.8 Å². The molecule has 1 unspecified atom stereocenters. The number of aliphatic imine (C=N–C) groups is 1. The maximum absolute atomic E-state index is 12.2. The van der Waals surface area contributed by atoms with Gasteiger partial charge in [0, 0.05) is 55.0 Å². The van der Waals surface area contributed by atoms with Crippen LogP contribution in [0.15, 0.2) is 35.3 Å². The van der Waals surface area contributed by atoms with Crippen molar-refractivity contribution in [2.45, 2.75) is 31.6 Å². The van der Waals surface area contributed by atoms with Gasteiger partial charge in [0.2, 0.25) is 0 Å². The van der Waals surface area contributed by atoms with Crippen LogP contribution < -0.4 is 10.6 Å². The number of hydrogen-bond donors (Lipinski definition) is 2. The Hall–Kier alpha value is -1.36. The molecule has 1 aromatic rings. The van der Waals surface area contributed by atoms with Gasteiger partial charge < -0.3 is 20.3 Å². The Bertz CT molecular complexity index is 637. The normalized spacial score (nSPS) is 16.1. The number of halogens is 1. The third-order valence-corrected chi connectivity index (χ3v) is 5.69.